The monoisotopic (exact) mass is 562 g/mol. The summed E-state index contributed by atoms with van der Waals surface area (Å²) in [6, 6.07) is 11.6. The number of nitrogen functional groups attached to an aromatic ring is 1. The van der Waals surface area contributed by atoms with E-state index < -0.39 is 49.8 Å². The molecule has 6 atom stereocenters. The molecule has 3 heterocycles. The molecule has 1 aliphatic heterocycles. The molecule has 0 saturated carbocycles. The highest BCUT2D eigenvalue weighted by molar-refractivity contribution is 7.52. The SMILES string of the molecule is CCOC(=O)C(C)NP(=O)(OCC1OC(C#N)(c2ccc3c(N)ncnn23)C(C)(F)C1O)Oc1ccccc1. The minimum Gasteiger partial charge on any atom is -0.465 e. The van der Waals surface area contributed by atoms with Crippen molar-refractivity contribution in [3.63, 3.8) is 0 Å². The van der Waals surface area contributed by atoms with E-state index in [-0.39, 0.29) is 23.9 Å². The number of aliphatic hydroxyl groups is 1. The number of nitriles is 1. The van der Waals surface area contributed by atoms with Crippen molar-refractivity contribution in [3.05, 3.63) is 54.5 Å². The van der Waals surface area contributed by atoms with Gasteiger partial charge in [0.1, 0.15) is 41.9 Å². The molecule has 6 unspecified atom stereocenters. The highest BCUT2D eigenvalue weighted by Gasteiger charge is 2.67. The third kappa shape index (κ3) is 5.19. The molecule has 15 heteroatoms. The number of alkyl halides is 1. The maximum Gasteiger partial charge on any atom is 0.459 e. The molecule has 0 radical (unpaired) electrons. The molecular formula is C24H28FN6O7P. The van der Waals surface area contributed by atoms with Gasteiger partial charge in [-0.1, -0.05) is 18.2 Å². The van der Waals surface area contributed by atoms with Crippen LogP contribution >= 0.6 is 7.75 Å². The molecule has 2 aromatic heterocycles. The first-order valence-corrected chi connectivity index (χ1v) is 13.5. The normalized spacial score (nSPS) is 27.0. The van der Waals surface area contributed by atoms with Crippen molar-refractivity contribution >= 4 is 25.1 Å². The Morgan fingerprint density at radius 3 is 2.77 bits per heavy atom. The fraction of sp³-hybridized carbons (Fsp3) is 0.417. The highest BCUT2D eigenvalue weighted by Crippen LogP contribution is 2.51. The molecule has 0 amide bonds. The van der Waals surface area contributed by atoms with Gasteiger partial charge in [-0.3, -0.25) is 9.32 Å². The first kappa shape index (κ1) is 28.4. The van der Waals surface area contributed by atoms with E-state index in [1.54, 1.807) is 25.1 Å². The lowest BCUT2D eigenvalue weighted by atomic mass is 9.82. The highest BCUT2D eigenvalue weighted by atomic mass is 31.2. The number of hydrogen-bond acceptors (Lipinski definition) is 11. The van der Waals surface area contributed by atoms with Gasteiger partial charge in [0.25, 0.3) is 0 Å². The molecule has 0 bridgehead atoms. The van der Waals surface area contributed by atoms with Gasteiger partial charge in [0.15, 0.2) is 11.5 Å². The van der Waals surface area contributed by atoms with Gasteiger partial charge in [-0.2, -0.15) is 15.4 Å². The van der Waals surface area contributed by atoms with Crippen LogP contribution in [0.5, 0.6) is 5.75 Å². The molecule has 208 valence electrons. The van der Waals surface area contributed by atoms with Gasteiger partial charge in [-0.25, -0.2) is 18.5 Å². The van der Waals surface area contributed by atoms with Crippen LogP contribution in [0.3, 0.4) is 0 Å². The van der Waals surface area contributed by atoms with Gasteiger partial charge >= 0.3 is 13.7 Å². The van der Waals surface area contributed by atoms with Gasteiger partial charge in [-0.15, -0.1) is 0 Å². The number of esters is 1. The van der Waals surface area contributed by atoms with Crippen molar-refractivity contribution in [1.82, 2.24) is 19.7 Å². The zero-order chi connectivity index (χ0) is 28.4. The molecule has 0 aliphatic carbocycles. The summed E-state index contributed by atoms with van der Waals surface area (Å²) in [5.41, 5.74) is 1.09. The van der Waals surface area contributed by atoms with E-state index in [1.165, 1.54) is 35.7 Å². The van der Waals surface area contributed by atoms with Crippen molar-refractivity contribution in [1.29, 1.82) is 5.26 Å². The summed E-state index contributed by atoms with van der Waals surface area (Å²) in [6.07, 6.45) is -2.27. The number of aromatic nitrogens is 3. The van der Waals surface area contributed by atoms with Crippen molar-refractivity contribution in [2.45, 2.75) is 50.3 Å². The number of halogens is 1. The predicted octanol–water partition coefficient (Wildman–Crippen LogP) is 2.26. The first-order valence-electron chi connectivity index (χ1n) is 12.0. The predicted molar refractivity (Wildman–Crippen MR) is 135 cm³/mol. The number of fused-ring (bicyclic) bond motifs is 1. The first-order chi connectivity index (χ1) is 18.5. The summed E-state index contributed by atoms with van der Waals surface area (Å²) in [4.78, 5) is 16.0. The van der Waals surface area contributed by atoms with Crippen LogP contribution in [0.25, 0.3) is 5.52 Å². The summed E-state index contributed by atoms with van der Waals surface area (Å²) in [5.74, 6) is -0.476. The molecule has 1 aliphatic rings. The number of aliphatic hydroxyl groups excluding tert-OH is 1. The quantitative estimate of drug-likeness (QED) is 0.242. The van der Waals surface area contributed by atoms with E-state index in [0.29, 0.717) is 5.52 Å². The summed E-state index contributed by atoms with van der Waals surface area (Å²) in [6.45, 7) is 3.43. The van der Waals surface area contributed by atoms with E-state index in [1.807, 2.05) is 6.07 Å². The molecule has 1 aromatic carbocycles. The maximum atomic E-state index is 16.2. The second kappa shape index (κ2) is 10.9. The third-order valence-corrected chi connectivity index (χ3v) is 7.94. The average molecular weight is 562 g/mol. The number of nitrogens with one attached hydrogen (secondary N) is 1. The van der Waals surface area contributed by atoms with E-state index in [9.17, 15) is 19.7 Å². The number of carbonyl (C=O) groups excluding carboxylic acids is 1. The minimum absolute atomic E-state index is 0.0431. The van der Waals surface area contributed by atoms with Crippen LogP contribution in [0.1, 0.15) is 26.5 Å². The van der Waals surface area contributed by atoms with Crippen LogP contribution in [0.2, 0.25) is 0 Å². The Hall–Kier alpha value is -3.60. The van der Waals surface area contributed by atoms with Gasteiger partial charge < -0.3 is 24.8 Å². The standard InChI is InChI=1S/C24H28FN6O7P/c1-4-35-22(33)15(2)30-39(34,38-16-8-6-5-7-9-16)36-12-18-20(32)23(3,25)24(13-26,37-18)19-11-10-17-21(27)28-14-29-31(17)19/h5-11,14-15,18,20,32H,4,12H2,1-3H3,(H,30,34)(H2,27,28,29). The number of ether oxygens (including phenoxy) is 2. The Balaban J connectivity index is 1.62. The third-order valence-electron chi connectivity index (χ3n) is 6.29. The molecule has 1 fully saturated rings. The van der Waals surface area contributed by atoms with Gasteiger partial charge in [0.2, 0.25) is 5.60 Å². The zero-order valence-electron chi connectivity index (χ0n) is 21.4. The topological polar surface area (TPSA) is 183 Å². The summed E-state index contributed by atoms with van der Waals surface area (Å²) in [7, 11) is -4.34. The van der Waals surface area contributed by atoms with Crippen molar-refractivity contribution in [2.24, 2.45) is 0 Å². The Labute approximate surface area is 223 Å². The van der Waals surface area contributed by atoms with Crippen LogP contribution in [0.15, 0.2) is 48.8 Å². The summed E-state index contributed by atoms with van der Waals surface area (Å²) >= 11 is 0. The average Bonchev–Trinajstić information content (AvgIpc) is 3.42. The molecule has 13 nitrogen and oxygen atoms in total. The number of nitrogens with zero attached hydrogens (tertiary/aromatic N) is 4. The second-order valence-electron chi connectivity index (χ2n) is 8.93. The number of benzene rings is 1. The Morgan fingerprint density at radius 1 is 1.38 bits per heavy atom. The van der Waals surface area contributed by atoms with E-state index in [2.05, 4.69) is 15.2 Å². The van der Waals surface area contributed by atoms with Crippen LogP contribution in [-0.4, -0.2) is 62.8 Å². The second-order valence-corrected chi connectivity index (χ2v) is 10.6. The molecule has 4 N–H and O–H groups in total. The largest absolute Gasteiger partial charge is 0.465 e. The van der Waals surface area contributed by atoms with Crippen molar-refractivity contribution in [3.8, 4) is 11.8 Å². The fourth-order valence-corrected chi connectivity index (χ4v) is 5.75. The molecular weight excluding hydrogens is 534 g/mol. The fourth-order valence-electron chi connectivity index (χ4n) is 4.25. The van der Waals surface area contributed by atoms with Crippen LogP contribution in [0.4, 0.5) is 10.2 Å². The molecule has 39 heavy (non-hydrogen) atoms. The van der Waals surface area contributed by atoms with Crippen LogP contribution < -0.4 is 15.3 Å². The number of rotatable bonds is 10. The van der Waals surface area contributed by atoms with Crippen LogP contribution in [0, 0.1) is 11.3 Å². The number of hydrogen-bond donors (Lipinski definition) is 3. The zero-order valence-corrected chi connectivity index (χ0v) is 22.2. The lowest BCUT2D eigenvalue weighted by Crippen LogP contribution is -2.48. The number of nitrogens with two attached hydrogens (primary N) is 1. The molecule has 1 saturated heterocycles. The Kier molecular flexibility index (Phi) is 7.92. The number of carbonyl (C=O) groups is 1. The van der Waals surface area contributed by atoms with Gasteiger partial charge in [0, 0.05) is 0 Å². The summed E-state index contributed by atoms with van der Waals surface area (Å²) in [5, 5.41) is 27.6. The summed E-state index contributed by atoms with van der Waals surface area (Å²) < 4.78 is 53.0. The van der Waals surface area contributed by atoms with E-state index in [0.717, 1.165) is 13.3 Å². The van der Waals surface area contributed by atoms with Crippen molar-refractivity contribution in [2.75, 3.05) is 18.9 Å². The Bertz CT molecular complexity index is 1430. The van der Waals surface area contributed by atoms with Crippen molar-refractivity contribution < 1.29 is 37.4 Å². The minimum atomic E-state index is -4.34. The molecule has 4 rings (SSSR count). The lowest BCUT2D eigenvalue weighted by Gasteiger charge is -2.30. The number of para-hydroxylation sites is 1. The number of anilines is 1. The van der Waals surface area contributed by atoms with E-state index >= 15 is 4.39 Å². The van der Waals surface area contributed by atoms with E-state index in [4.69, 9.17) is 24.3 Å². The smallest absolute Gasteiger partial charge is 0.459 e. The van der Waals surface area contributed by atoms with Gasteiger partial charge in [0.05, 0.1) is 18.9 Å². The Morgan fingerprint density at radius 2 is 2.10 bits per heavy atom. The molecule has 0 spiro atoms. The maximum absolute atomic E-state index is 16.2. The lowest BCUT2D eigenvalue weighted by molar-refractivity contribution is -0.144. The van der Waals surface area contributed by atoms with Gasteiger partial charge in [-0.05, 0) is 45.0 Å². The van der Waals surface area contributed by atoms with Crippen LogP contribution in [-0.2, 0) is 29.0 Å². The molecule has 3 aromatic rings.